The van der Waals surface area contributed by atoms with Gasteiger partial charge in [-0.05, 0) is 42.8 Å². The maximum absolute atomic E-state index is 12.5. The summed E-state index contributed by atoms with van der Waals surface area (Å²) in [7, 11) is 0. The summed E-state index contributed by atoms with van der Waals surface area (Å²) in [6.45, 7) is 2.42. The first-order valence-corrected chi connectivity index (χ1v) is 10.2. The molecule has 1 saturated heterocycles. The third-order valence-corrected chi connectivity index (χ3v) is 5.70. The highest BCUT2D eigenvalue weighted by molar-refractivity contribution is 5.93. The molecule has 3 heterocycles. The van der Waals surface area contributed by atoms with E-state index in [1.54, 1.807) is 6.07 Å². The molecule has 1 amide bonds. The van der Waals surface area contributed by atoms with Crippen LogP contribution in [0.25, 0.3) is 11.3 Å². The van der Waals surface area contributed by atoms with Crippen LogP contribution in [0.5, 0.6) is 0 Å². The van der Waals surface area contributed by atoms with Gasteiger partial charge in [0.05, 0.1) is 5.69 Å². The molecule has 0 unspecified atom stereocenters. The molecule has 0 radical (unpaired) electrons. The van der Waals surface area contributed by atoms with Crippen molar-refractivity contribution in [3.8, 4) is 11.3 Å². The number of piperidine rings is 1. The Hall–Kier alpha value is -3.16. The van der Waals surface area contributed by atoms with E-state index < -0.39 is 0 Å². The Morgan fingerprint density at radius 2 is 1.97 bits per heavy atom. The first kappa shape index (κ1) is 17.9. The van der Waals surface area contributed by atoms with Crippen LogP contribution in [0.15, 0.2) is 40.9 Å². The number of carbonyl (C=O) groups excluding carboxylic acids is 1. The first-order valence-electron chi connectivity index (χ1n) is 10.2. The van der Waals surface area contributed by atoms with Gasteiger partial charge in [-0.3, -0.25) is 9.89 Å². The van der Waals surface area contributed by atoms with E-state index in [9.17, 15) is 4.79 Å². The number of nitrogens with one attached hydrogen (secondary N) is 2. The molecule has 150 valence electrons. The van der Waals surface area contributed by atoms with Crippen LogP contribution in [0.3, 0.4) is 0 Å². The lowest BCUT2D eigenvalue weighted by molar-refractivity contribution is 0.0940. The first-order chi connectivity index (χ1) is 14.3. The second-order valence-corrected chi connectivity index (χ2v) is 7.88. The van der Waals surface area contributed by atoms with E-state index >= 15 is 0 Å². The van der Waals surface area contributed by atoms with Crippen molar-refractivity contribution < 1.29 is 9.32 Å². The highest BCUT2D eigenvalue weighted by Gasteiger charge is 2.31. The Morgan fingerprint density at radius 3 is 2.72 bits per heavy atom. The number of hydrogen-bond donors (Lipinski definition) is 2. The van der Waals surface area contributed by atoms with E-state index in [1.807, 2.05) is 30.3 Å². The maximum atomic E-state index is 12.5. The van der Waals surface area contributed by atoms with Crippen LogP contribution >= 0.6 is 0 Å². The number of aromatic nitrogens is 4. The summed E-state index contributed by atoms with van der Waals surface area (Å²) < 4.78 is 5.36. The monoisotopic (exact) mass is 392 g/mol. The van der Waals surface area contributed by atoms with Gasteiger partial charge in [0.25, 0.3) is 11.9 Å². The number of aromatic amines is 1. The molecule has 1 aliphatic carbocycles. The molecule has 2 fully saturated rings. The summed E-state index contributed by atoms with van der Waals surface area (Å²) in [6.07, 6.45) is 4.30. The maximum Gasteiger partial charge on any atom is 0.269 e. The van der Waals surface area contributed by atoms with Crippen LogP contribution in [0.1, 0.15) is 48.0 Å². The van der Waals surface area contributed by atoms with Crippen LogP contribution in [-0.2, 0) is 0 Å². The average molecular weight is 392 g/mol. The molecule has 5 rings (SSSR count). The van der Waals surface area contributed by atoms with E-state index in [-0.39, 0.29) is 5.91 Å². The second-order valence-electron chi connectivity index (χ2n) is 7.88. The summed E-state index contributed by atoms with van der Waals surface area (Å²) >= 11 is 0. The van der Waals surface area contributed by atoms with Gasteiger partial charge < -0.3 is 14.7 Å². The topological polar surface area (TPSA) is 99.9 Å². The Morgan fingerprint density at radius 1 is 1.17 bits per heavy atom. The van der Waals surface area contributed by atoms with E-state index in [1.165, 1.54) is 0 Å². The van der Waals surface area contributed by atoms with Crippen molar-refractivity contribution in [2.75, 3.05) is 24.5 Å². The molecule has 2 N–H and O–H groups in total. The molecule has 0 bridgehead atoms. The highest BCUT2D eigenvalue weighted by atomic mass is 16.5. The van der Waals surface area contributed by atoms with Gasteiger partial charge in [-0.25, -0.2) is 0 Å². The molecule has 8 heteroatoms. The minimum atomic E-state index is -0.116. The Bertz CT molecular complexity index is 970. The highest BCUT2D eigenvalue weighted by Crippen LogP contribution is 2.39. The third kappa shape index (κ3) is 4.01. The zero-order valence-corrected chi connectivity index (χ0v) is 16.2. The van der Waals surface area contributed by atoms with Crippen molar-refractivity contribution >= 4 is 11.9 Å². The quantitative estimate of drug-likeness (QED) is 0.669. The molecule has 1 aliphatic heterocycles. The molecule has 2 aliphatic rings. The van der Waals surface area contributed by atoms with Gasteiger partial charge in [0, 0.05) is 31.1 Å². The van der Waals surface area contributed by atoms with Crippen LogP contribution in [-0.4, -0.2) is 45.9 Å². The number of hydrogen-bond acceptors (Lipinski definition) is 6. The molecule has 3 aromatic rings. The van der Waals surface area contributed by atoms with Gasteiger partial charge in [-0.1, -0.05) is 30.3 Å². The van der Waals surface area contributed by atoms with E-state index in [4.69, 9.17) is 4.52 Å². The van der Waals surface area contributed by atoms with Crippen molar-refractivity contribution in [1.82, 2.24) is 25.7 Å². The standard InChI is InChI=1S/C21H24N6O2/c28-19(18-12-17(24-25-18)15-4-2-1-3-5-15)22-13-14-8-10-27(11-9-14)21-23-20(29-26-21)16-6-7-16/h1-5,12,14,16H,6-11,13H2,(H,22,28)(H,24,25). The van der Waals surface area contributed by atoms with E-state index in [0.717, 1.165) is 55.9 Å². The van der Waals surface area contributed by atoms with Crippen LogP contribution in [0.4, 0.5) is 5.95 Å². The van der Waals surface area contributed by atoms with Crippen molar-refractivity contribution in [3.63, 3.8) is 0 Å². The number of anilines is 1. The average Bonchev–Trinajstić information content (AvgIpc) is 3.29. The number of H-pyrrole nitrogens is 1. The minimum Gasteiger partial charge on any atom is -0.350 e. The van der Waals surface area contributed by atoms with Gasteiger partial charge in [-0.2, -0.15) is 10.1 Å². The predicted octanol–water partition coefficient (Wildman–Crippen LogP) is 2.98. The molecule has 0 atom stereocenters. The Balaban J connectivity index is 1.10. The van der Waals surface area contributed by atoms with Gasteiger partial charge in [0.2, 0.25) is 5.89 Å². The number of carbonyl (C=O) groups is 1. The summed E-state index contributed by atoms with van der Waals surface area (Å²) in [5.41, 5.74) is 2.25. The van der Waals surface area contributed by atoms with Gasteiger partial charge in [0.15, 0.2) is 0 Å². The Labute approximate surface area is 168 Å². The fraction of sp³-hybridized carbons (Fsp3) is 0.429. The summed E-state index contributed by atoms with van der Waals surface area (Å²) in [4.78, 5) is 19.2. The largest absolute Gasteiger partial charge is 0.350 e. The summed E-state index contributed by atoms with van der Waals surface area (Å²) in [5.74, 6) is 2.30. The van der Waals surface area contributed by atoms with Gasteiger partial charge >= 0.3 is 0 Å². The van der Waals surface area contributed by atoms with Gasteiger partial charge in [0.1, 0.15) is 5.69 Å². The summed E-state index contributed by atoms with van der Waals surface area (Å²) in [5, 5.41) is 14.3. The van der Waals surface area contributed by atoms with Gasteiger partial charge in [-0.15, -0.1) is 0 Å². The molecular formula is C21H24N6O2. The van der Waals surface area contributed by atoms with Crippen LogP contribution < -0.4 is 10.2 Å². The Kier molecular flexibility index (Phi) is 4.75. The van der Waals surface area contributed by atoms with Crippen molar-refractivity contribution in [2.24, 2.45) is 5.92 Å². The number of nitrogens with zero attached hydrogens (tertiary/aromatic N) is 4. The van der Waals surface area contributed by atoms with Crippen LogP contribution in [0, 0.1) is 5.92 Å². The fourth-order valence-corrected chi connectivity index (χ4v) is 3.72. The number of benzene rings is 1. The van der Waals surface area contributed by atoms with Crippen molar-refractivity contribution in [2.45, 2.75) is 31.6 Å². The lowest BCUT2D eigenvalue weighted by atomic mass is 9.97. The lowest BCUT2D eigenvalue weighted by Gasteiger charge is -2.30. The van der Waals surface area contributed by atoms with Crippen LogP contribution in [0.2, 0.25) is 0 Å². The zero-order chi connectivity index (χ0) is 19.6. The molecular weight excluding hydrogens is 368 g/mol. The minimum absolute atomic E-state index is 0.116. The van der Waals surface area contributed by atoms with E-state index in [2.05, 4.69) is 30.6 Å². The smallest absolute Gasteiger partial charge is 0.269 e. The molecule has 8 nitrogen and oxygen atoms in total. The molecule has 1 saturated carbocycles. The third-order valence-electron chi connectivity index (χ3n) is 5.70. The predicted molar refractivity (Wildman–Crippen MR) is 108 cm³/mol. The molecule has 1 aromatic carbocycles. The van der Waals surface area contributed by atoms with E-state index in [0.29, 0.717) is 30.0 Å². The normalized spacial score (nSPS) is 17.4. The number of amides is 1. The lowest BCUT2D eigenvalue weighted by Crippen LogP contribution is -2.39. The molecule has 0 spiro atoms. The summed E-state index contributed by atoms with van der Waals surface area (Å²) in [6, 6.07) is 11.6. The van der Waals surface area contributed by atoms with Crippen molar-refractivity contribution in [1.29, 1.82) is 0 Å². The fourth-order valence-electron chi connectivity index (χ4n) is 3.72. The zero-order valence-electron chi connectivity index (χ0n) is 16.2. The van der Waals surface area contributed by atoms with Crippen molar-refractivity contribution in [3.05, 3.63) is 48.0 Å². The SMILES string of the molecule is O=C(NCC1CCN(c2noc(C3CC3)n2)CC1)c1cc(-c2ccccc2)n[nH]1. The second kappa shape index (κ2) is 7.69. The number of rotatable bonds is 6. The molecule has 2 aromatic heterocycles. The molecule has 29 heavy (non-hydrogen) atoms.